The van der Waals surface area contributed by atoms with E-state index in [4.69, 9.17) is 10.5 Å². The highest BCUT2D eigenvalue weighted by Gasteiger charge is 2.28. The summed E-state index contributed by atoms with van der Waals surface area (Å²) in [6, 6.07) is 8.59. The van der Waals surface area contributed by atoms with Crippen molar-refractivity contribution in [1.29, 1.82) is 0 Å². The third-order valence-electron chi connectivity index (χ3n) is 3.19. The van der Waals surface area contributed by atoms with Gasteiger partial charge in [0.2, 0.25) is 0 Å². The molecule has 2 heterocycles. The molecule has 0 amide bonds. The average molecular weight is 263 g/mol. The Morgan fingerprint density at radius 2 is 2.17 bits per heavy atom. The Kier molecular flexibility index (Phi) is 2.84. The summed E-state index contributed by atoms with van der Waals surface area (Å²) in [5.74, 6) is 0.286. The fourth-order valence-corrected chi connectivity index (χ4v) is 3.20. The zero-order chi connectivity index (χ0) is 12.7. The lowest BCUT2D eigenvalue weighted by atomic mass is 9.96. The van der Waals surface area contributed by atoms with Gasteiger partial charge in [-0.2, -0.15) is 0 Å². The van der Waals surface area contributed by atoms with Crippen LogP contribution in [0.25, 0.3) is 0 Å². The second-order valence-electron chi connectivity index (χ2n) is 4.58. The molecule has 2 atom stereocenters. The van der Waals surface area contributed by atoms with Crippen molar-refractivity contribution < 1.29 is 9.13 Å². The van der Waals surface area contributed by atoms with Gasteiger partial charge in [-0.15, -0.1) is 11.3 Å². The van der Waals surface area contributed by atoms with Gasteiger partial charge < -0.3 is 10.5 Å². The maximum absolute atomic E-state index is 13.2. The SMILES string of the molecule is Cc1ccc(C2C[C@H](N)c3ccc(F)cc3O2)s1. The van der Waals surface area contributed by atoms with Crippen molar-refractivity contribution in [3.05, 3.63) is 51.5 Å². The van der Waals surface area contributed by atoms with Crippen LogP contribution in [0.2, 0.25) is 0 Å². The summed E-state index contributed by atoms with van der Waals surface area (Å²) in [7, 11) is 0. The molecule has 1 aromatic heterocycles. The number of fused-ring (bicyclic) bond motifs is 1. The van der Waals surface area contributed by atoms with E-state index >= 15 is 0 Å². The summed E-state index contributed by atoms with van der Waals surface area (Å²) in [4.78, 5) is 2.39. The van der Waals surface area contributed by atoms with Crippen molar-refractivity contribution in [3.8, 4) is 5.75 Å². The summed E-state index contributed by atoms with van der Waals surface area (Å²) in [6.45, 7) is 2.06. The highest BCUT2D eigenvalue weighted by atomic mass is 32.1. The normalized spacial score (nSPS) is 22.4. The van der Waals surface area contributed by atoms with E-state index in [9.17, 15) is 4.39 Å². The lowest BCUT2D eigenvalue weighted by Crippen LogP contribution is -2.23. The number of thiophene rings is 1. The zero-order valence-electron chi connectivity index (χ0n) is 10.0. The molecule has 3 rings (SSSR count). The molecule has 2 N–H and O–H groups in total. The molecule has 0 spiro atoms. The second-order valence-corrected chi connectivity index (χ2v) is 5.90. The van der Waals surface area contributed by atoms with E-state index in [1.165, 1.54) is 17.0 Å². The molecule has 0 saturated carbocycles. The quantitative estimate of drug-likeness (QED) is 0.851. The Balaban J connectivity index is 1.95. The Morgan fingerprint density at radius 1 is 1.33 bits per heavy atom. The molecule has 1 aliphatic rings. The Bertz CT molecular complexity index is 581. The number of ether oxygens (including phenoxy) is 1. The number of nitrogens with two attached hydrogens (primary N) is 1. The second kappa shape index (κ2) is 4.37. The van der Waals surface area contributed by atoms with E-state index in [1.54, 1.807) is 17.4 Å². The largest absolute Gasteiger partial charge is 0.484 e. The monoisotopic (exact) mass is 263 g/mol. The third kappa shape index (κ3) is 2.02. The van der Waals surface area contributed by atoms with Crippen LogP contribution in [0.4, 0.5) is 4.39 Å². The Morgan fingerprint density at radius 3 is 2.89 bits per heavy atom. The van der Waals surface area contributed by atoms with Crippen molar-refractivity contribution >= 4 is 11.3 Å². The topological polar surface area (TPSA) is 35.2 Å². The van der Waals surface area contributed by atoms with Gasteiger partial charge in [-0.3, -0.25) is 0 Å². The van der Waals surface area contributed by atoms with E-state index in [0.717, 1.165) is 16.9 Å². The van der Waals surface area contributed by atoms with Gasteiger partial charge in [0.15, 0.2) is 0 Å². The minimum absolute atomic E-state index is 0.0620. The van der Waals surface area contributed by atoms with E-state index < -0.39 is 0 Å². The van der Waals surface area contributed by atoms with Crippen molar-refractivity contribution in [2.45, 2.75) is 25.5 Å². The number of hydrogen-bond donors (Lipinski definition) is 1. The molecule has 1 aromatic carbocycles. The van der Waals surface area contributed by atoms with Crippen LogP contribution in [0.1, 0.15) is 33.9 Å². The first kappa shape index (κ1) is 11.7. The zero-order valence-corrected chi connectivity index (χ0v) is 10.8. The van der Waals surface area contributed by atoms with Crippen molar-refractivity contribution in [2.75, 3.05) is 0 Å². The average Bonchev–Trinajstić information content (AvgIpc) is 2.75. The van der Waals surface area contributed by atoms with Crippen molar-refractivity contribution in [3.63, 3.8) is 0 Å². The molecule has 94 valence electrons. The number of halogens is 1. The molecule has 2 nitrogen and oxygen atoms in total. The van der Waals surface area contributed by atoms with Crippen LogP contribution in [0.5, 0.6) is 5.75 Å². The maximum Gasteiger partial charge on any atom is 0.135 e. The van der Waals surface area contributed by atoms with Crippen LogP contribution in [0.15, 0.2) is 30.3 Å². The van der Waals surface area contributed by atoms with Crippen LogP contribution in [0, 0.1) is 12.7 Å². The number of rotatable bonds is 1. The van der Waals surface area contributed by atoms with Gasteiger partial charge >= 0.3 is 0 Å². The molecule has 0 saturated heterocycles. The van der Waals surface area contributed by atoms with Gasteiger partial charge in [-0.1, -0.05) is 6.07 Å². The minimum Gasteiger partial charge on any atom is -0.484 e. The first-order valence-electron chi connectivity index (χ1n) is 5.91. The van der Waals surface area contributed by atoms with Gasteiger partial charge in [-0.05, 0) is 25.1 Å². The Labute approximate surface area is 109 Å². The Hall–Kier alpha value is -1.39. The smallest absolute Gasteiger partial charge is 0.135 e. The molecule has 4 heteroatoms. The molecule has 0 bridgehead atoms. The van der Waals surface area contributed by atoms with E-state index in [0.29, 0.717) is 5.75 Å². The molecule has 0 fully saturated rings. The minimum atomic E-state index is -0.288. The summed E-state index contributed by atoms with van der Waals surface area (Å²) in [5.41, 5.74) is 7.02. The van der Waals surface area contributed by atoms with Crippen LogP contribution < -0.4 is 10.5 Å². The predicted molar refractivity (Wildman–Crippen MR) is 70.4 cm³/mol. The lowest BCUT2D eigenvalue weighted by Gasteiger charge is -2.29. The fraction of sp³-hybridized carbons (Fsp3) is 0.286. The van der Waals surface area contributed by atoms with Crippen molar-refractivity contribution in [2.24, 2.45) is 5.73 Å². The van der Waals surface area contributed by atoms with E-state index in [1.807, 2.05) is 0 Å². The van der Waals surface area contributed by atoms with Crippen LogP contribution in [0.3, 0.4) is 0 Å². The summed E-state index contributed by atoms with van der Waals surface area (Å²) < 4.78 is 19.1. The molecule has 0 radical (unpaired) electrons. The van der Waals surface area contributed by atoms with Crippen molar-refractivity contribution in [1.82, 2.24) is 0 Å². The van der Waals surface area contributed by atoms with E-state index in [2.05, 4.69) is 19.1 Å². The summed E-state index contributed by atoms with van der Waals surface area (Å²) in [5, 5.41) is 0. The van der Waals surface area contributed by atoms with Crippen LogP contribution >= 0.6 is 11.3 Å². The number of benzene rings is 1. The molecular weight excluding hydrogens is 249 g/mol. The molecule has 1 aliphatic heterocycles. The molecular formula is C14H14FNOS. The maximum atomic E-state index is 13.2. The van der Waals surface area contributed by atoms with Gasteiger partial charge in [0.25, 0.3) is 0 Å². The van der Waals surface area contributed by atoms with Gasteiger partial charge in [0, 0.05) is 33.8 Å². The molecule has 18 heavy (non-hydrogen) atoms. The number of aryl methyl sites for hydroxylation is 1. The highest BCUT2D eigenvalue weighted by Crippen LogP contribution is 2.41. The lowest BCUT2D eigenvalue weighted by molar-refractivity contribution is 0.164. The van der Waals surface area contributed by atoms with Gasteiger partial charge in [0.1, 0.15) is 17.7 Å². The van der Waals surface area contributed by atoms with Gasteiger partial charge in [0.05, 0.1) is 0 Å². The summed E-state index contributed by atoms with van der Waals surface area (Å²) >= 11 is 1.70. The van der Waals surface area contributed by atoms with E-state index in [-0.39, 0.29) is 18.0 Å². The summed E-state index contributed by atoms with van der Waals surface area (Å²) in [6.07, 6.45) is 0.673. The van der Waals surface area contributed by atoms with Gasteiger partial charge in [-0.25, -0.2) is 4.39 Å². The predicted octanol–water partition coefficient (Wildman–Crippen LogP) is 3.72. The first-order chi connectivity index (χ1) is 8.63. The van der Waals surface area contributed by atoms with Crippen LogP contribution in [-0.2, 0) is 0 Å². The fourth-order valence-electron chi connectivity index (χ4n) is 2.28. The first-order valence-corrected chi connectivity index (χ1v) is 6.73. The third-order valence-corrected chi connectivity index (χ3v) is 4.28. The molecule has 0 aliphatic carbocycles. The standard InChI is InChI=1S/C14H14FNOS/c1-8-2-5-14(18-8)13-7-11(16)10-4-3-9(15)6-12(10)17-13/h2-6,11,13H,7,16H2,1H3/t11-,13?/m0/s1. The molecule has 2 aromatic rings. The number of hydrogen-bond acceptors (Lipinski definition) is 3. The highest BCUT2D eigenvalue weighted by molar-refractivity contribution is 7.12. The van der Waals surface area contributed by atoms with Crippen LogP contribution in [-0.4, -0.2) is 0 Å². The molecule has 1 unspecified atom stereocenters.